The van der Waals surface area contributed by atoms with Gasteiger partial charge in [0.25, 0.3) is 0 Å². The number of amides is 2. The lowest BCUT2D eigenvalue weighted by Crippen LogP contribution is -2.44. The van der Waals surface area contributed by atoms with E-state index in [1.54, 1.807) is 0 Å². The Morgan fingerprint density at radius 3 is 1.82 bits per heavy atom. The molecule has 304 valence electrons. The van der Waals surface area contributed by atoms with Crippen molar-refractivity contribution in [1.29, 1.82) is 0 Å². The second-order valence-corrected chi connectivity index (χ2v) is 15.2. The lowest BCUT2D eigenvalue weighted by molar-refractivity contribution is -0.123. The fourth-order valence-electron chi connectivity index (χ4n) is 5.88. The van der Waals surface area contributed by atoms with Crippen molar-refractivity contribution in [2.75, 3.05) is 59.3 Å². The van der Waals surface area contributed by atoms with Crippen LogP contribution >= 0.6 is 0 Å². The number of rotatable bonds is 25. The minimum Gasteiger partial charge on any atom is -0.478 e. The first-order valence-electron chi connectivity index (χ1n) is 19.5. The van der Waals surface area contributed by atoms with E-state index in [1.807, 2.05) is 75.4 Å². The molecule has 4 rings (SSSR count). The molecule has 14 nitrogen and oxygen atoms in total. The van der Waals surface area contributed by atoms with Gasteiger partial charge in [-0.25, -0.2) is 9.78 Å². The molecule has 0 spiro atoms. The Labute approximate surface area is 331 Å². The quantitative estimate of drug-likeness (QED) is 0.0810. The molecule has 0 unspecified atom stereocenters. The van der Waals surface area contributed by atoms with E-state index in [2.05, 4.69) is 63.4 Å². The van der Waals surface area contributed by atoms with Gasteiger partial charge in [0.15, 0.2) is 0 Å². The number of hydrogen-bond donors (Lipinski definition) is 2. The maximum absolute atomic E-state index is 13.0. The number of carbonyl (C=O) groups is 2. The molecule has 0 atom stereocenters. The number of nitrogens with zero attached hydrogens (tertiary/aromatic N) is 5. The predicted molar refractivity (Wildman–Crippen MR) is 214 cm³/mol. The number of carbonyl (C=O) groups excluding carboxylic acids is 2. The van der Waals surface area contributed by atoms with E-state index in [0.717, 1.165) is 41.6 Å². The van der Waals surface area contributed by atoms with Gasteiger partial charge in [0.1, 0.15) is 5.60 Å². The van der Waals surface area contributed by atoms with Crippen LogP contribution in [0.2, 0.25) is 0 Å². The molecule has 0 aliphatic carbocycles. The van der Waals surface area contributed by atoms with E-state index >= 15 is 0 Å². The molecule has 2 aromatic carbocycles. The van der Waals surface area contributed by atoms with Gasteiger partial charge in [0, 0.05) is 43.3 Å². The van der Waals surface area contributed by atoms with Crippen LogP contribution < -0.4 is 15.4 Å². The molecule has 14 heteroatoms. The smallest absolute Gasteiger partial charge is 0.407 e. The second kappa shape index (κ2) is 22.7. The molecule has 2 amide bonds. The number of nitrogens with one attached hydrogen (secondary N) is 2. The Bertz CT molecular complexity index is 1610. The molecular formula is C42H59N7O7. The van der Waals surface area contributed by atoms with E-state index in [9.17, 15) is 9.59 Å². The number of pyridine rings is 1. The van der Waals surface area contributed by atoms with Crippen molar-refractivity contribution < 1.29 is 33.3 Å². The summed E-state index contributed by atoms with van der Waals surface area (Å²) in [5.41, 5.74) is 1.97. The molecule has 1 aromatic heterocycles. The number of ether oxygens (including phenoxy) is 5. The van der Waals surface area contributed by atoms with Crippen LogP contribution in [0.15, 0.2) is 93.5 Å². The zero-order valence-electron chi connectivity index (χ0n) is 33.6. The van der Waals surface area contributed by atoms with Crippen LogP contribution in [0.3, 0.4) is 0 Å². The Kier molecular flexibility index (Phi) is 17.8. The monoisotopic (exact) mass is 773 g/mol. The summed E-state index contributed by atoms with van der Waals surface area (Å²) in [6, 6.07) is 24.4. The molecule has 2 N–H and O–H groups in total. The predicted octanol–water partition coefficient (Wildman–Crippen LogP) is 8.38. The molecule has 0 saturated heterocycles. The minimum atomic E-state index is -1.07. The summed E-state index contributed by atoms with van der Waals surface area (Å²) < 4.78 is 28.1. The summed E-state index contributed by atoms with van der Waals surface area (Å²) in [5.74, 6) is 0.416. The van der Waals surface area contributed by atoms with E-state index in [1.165, 1.54) is 0 Å². The average molecular weight is 774 g/mol. The van der Waals surface area contributed by atoms with E-state index < -0.39 is 22.8 Å². The molecule has 56 heavy (non-hydrogen) atoms. The molecule has 1 aliphatic rings. The van der Waals surface area contributed by atoms with Gasteiger partial charge in [0.05, 0.1) is 45.1 Å². The Morgan fingerprint density at radius 2 is 1.21 bits per heavy atom. The third-order valence-corrected chi connectivity index (χ3v) is 9.04. The van der Waals surface area contributed by atoms with Crippen molar-refractivity contribution in [2.24, 2.45) is 26.1 Å². The van der Waals surface area contributed by atoms with Crippen LogP contribution in [-0.4, -0.2) is 87.6 Å². The fraction of sp³-hybridized carbons (Fsp3) is 0.548. The first-order valence-corrected chi connectivity index (χ1v) is 19.5. The topological polar surface area (TPSA) is 167 Å². The Balaban J connectivity index is 1.08. The summed E-state index contributed by atoms with van der Waals surface area (Å²) in [7, 11) is 0. The van der Waals surface area contributed by atoms with E-state index in [-0.39, 0.29) is 12.3 Å². The summed E-state index contributed by atoms with van der Waals surface area (Å²) in [6.07, 6.45) is 3.32. The third kappa shape index (κ3) is 15.4. The molecule has 0 saturated carbocycles. The van der Waals surface area contributed by atoms with Crippen molar-refractivity contribution in [3.05, 3.63) is 72.8 Å². The van der Waals surface area contributed by atoms with Crippen LogP contribution in [0.5, 0.6) is 5.88 Å². The van der Waals surface area contributed by atoms with Gasteiger partial charge in [0.2, 0.25) is 17.5 Å². The third-order valence-electron chi connectivity index (χ3n) is 9.04. The standard InChI is InChI=1S/C42H59N7O7/c1-40(2,3)56-39(51)44-22-15-24-53-27-29-54-28-26-52-23-14-21-43-37(50)32-42(46-48-49-47-42)41(4,5)20-12-13-25-55-38-31-35(33-16-8-6-9-17-33)30-36(45-38)34-18-10-7-11-19-34/h6-11,16-19,30-31H,12-15,20-29,32H2,1-5H3,(H,43,50)(H,44,51). The average Bonchev–Trinajstić information content (AvgIpc) is 3.66. The first kappa shape index (κ1) is 43.9. The van der Waals surface area contributed by atoms with Gasteiger partial charge >= 0.3 is 6.09 Å². The van der Waals surface area contributed by atoms with Crippen LogP contribution in [0.4, 0.5) is 4.79 Å². The number of aromatic nitrogens is 1. The van der Waals surface area contributed by atoms with Crippen molar-refractivity contribution in [3.63, 3.8) is 0 Å². The number of unbranched alkanes of at least 4 members (excludes halogenated alkanes) is 1. The molecule has 3 aromatic rings. The number of alkyl carbamates (subject to hydrolysis) is 1. The van der Waals surface area contributed by atoms with Crippen molar-refractivity contribution >= 4 is 12.0 Å². The molecule has 2 heterocycles. The maximum Gasteiger partial charge on any atom is 0.407 e. The van der Waals surface area contributed by atoms with Crippen molar-refractivity contribution in [2.45, 2.75) is 84.4 Å². The highest BCUT2D eigenvalue weighted by atomic mass is 16.6. The van der Waals surface area contributed by atoms with Gasteiger partial charge in [-0.15, -0.1) is 10.2 Å². The molecule has 0 radical (unpaired) electrons. The van der Waals surface area contributed by atoms with Gasteiger partial charge in [-0.1, -0.05) is 74.5 Å². The molecule has 0 fully saturated rings. The van der Waals surface area contributed by atoms with E-state index in [0.29, 0.717) is 78.1 Å². The van der Waals surface area contributed by atoms with Crippen LogP contribution in [0, 0.1) is 5.41 Å². The van der Waals surface area contributed by atoms with Crippen LogP contribution in [-0.2, 0) is 23.7 Å². The maximum atomic E-state index is 13.0. The summed E-state index contributed by atoms with van der Waals surface area (Å²) in [4.78, 5) is 29.4. The van der Waals surface area contributed by atoms with Crippen LogP contribution in [0.25, 0.3) is 22.4 Å². The normalized spacial score (nSPS) is 13.4. The van der Waals surface area contributed by atoms with Crippen molar-refractivity contribution in [3.8, 4) is 28.3 Å². The van der Waals surface area contributed by atoms with Gasteiger partial charge in [-0.2, -0.15) is 0 Å². The largest absolute Gasteiger partial charge is 0.478 e. The Hall–Kier alpha value is -4.79. The number of benzene rings is 2. The summed E-state index contributed by atoms with van der Waals surface area (Å²) in [6.45, 7) is 13.8. The molecule has 0 bridgehead atoms. The summed E-state index contributed by atoms with van der Waals surface area (Å²) in [5, 5.41) is 22.0. The minimum absolute atomic E-state index is 0.0545. The molecular weight excluding hydrogens is 715 g/mol. The van der Waals surface area contributed by atoms with Gasteiger partial charge in [-0.3, -0.25) is 4.79 Å². The lowest BCUT2D eigenvalue weighted by atomic mass is 9.73. The highest BCUT2D eigenvalue weighted by Gasteiger charge is 2.49. The fourth-order valence-corrected chi connectivity index (χ4v) is 5.88. The molecule has 1 aliphatic heterocycles. The van der Waals surface area contributed by atoms with Gasteiger partial charge < -0.3 is 34.3 Å². The zero-order chi connectivity index (χ0) is 40.1. The SMILES string of the molecule is CC(C)(C)OC(=O)NCCCOCCOCCOCCCNC(=O)CC1(C(C)(C)CCCCOc2cc(-c3ccccc3)cc(-c3ccccc3)n2)N=NN=N1. The highest BCUT2D eigenvalue weighted by molar-refractivity contribution is 5.77. The van der Waals surface area contributed by atoms with Crippen molar-refractivity contribution in [1.82, 2.24) is 15.6 Å². The van der Waals surface area contributed by atoms with Gasteiger partial charge in [-0.05, 0) is 80.5 Å². The first-order chi connectivity index (χ1) is 27.0. The lowest BCUT2D eigenvalue weighted by Gasteiger charge is -2.36. The second-order valence-electron chi connectivity index (χ2n) is 15.2. The summed E-state index contributed by atoms with van der Waals surface area (Å²) >= 11 is 0. The highest BCUT2D eigenvalue weighted by Crippen LogP contribution is 2.45. The van der Waals surface area contributed by atoms with E-state index in [4.69, 9.17) is 28.7 Å². The van der Waals surface area contributed by atoms with Crippen LogP contribution in [0.1, 0.15) is 73.1 Å². The Morgan fingerprint density at radius 1 is 0.643 bits per heavy atom. The zero-order valence-corrected chi connectivity index (χ0v) is 33.6. The number of hydrogen-bond acceptors (Lipinski definition) is 12.